The van der Waals surface area contributed by atoms with Crippen molar-refractivity contribution in [1.29, 1.82) is 0 Å². The molecule has 9 heteroatoms. The van der Waals surface area contributed by atoms with Gasteiger partial charge in [-0.05, 0) is 57.5 Å². The summed E-state index contributed by atoms with van der Waals surface area (Å²) in [4.78, 5) is 27.9. The minimum atomic E-state index is -0.440. The molecule has 30 heavy (non-hydrogen) atoms. The number of Topliss-reactive ketones (excluding diaryl/α,β-unsaturated/α-hetero) is 1. The fourth-order valence-electron chi connectivity index (χ4n) is 3.23. The van der Waals surface area contributed by atoms with Crippen LogP contribution in [0, 0.1) is 19.7 Å². The lowest BCUT2D eigenvalue weighted by Crippen LogP contribution is -2.09. The number of ketones is 1. The van der Waals surface area contributed by atoms with E-state index in [1.807, 2.05) is 11.5 Å². The van der Waals surface area contributed by atoms with E-state index in [1.54, 1.807) is 32.9 Å². The van der Waals surface area contributed by atoms with Crippen molar-refractivity contribution in [3.05, 3.63) is 52.6 Å². The molecule has 1 N–H and O–H groups in total. The van der Waals surface area contributed by atoms with Crippen LogP contribution < -0.4 is 0 Å². The molecule has 158 valence electrons. The zero-order chi connectivity index (χ0) is 21.8. The smallest absolute Gasteiger partial charge is 0.340 e. The summed E-state index contributed by atoms with van der Waals surface area (Å²) in [7, 11) is 0. The number of ether oxygens (including phenoxy) is 1. The quantitative estimate of drug-likeness (QED) is 0.327. The van der Waals surface area contributed by atoms with Crippen LogP contribution >= 0.6 is 11.8 Å². The number of esters is 1. The minimum absolute atomic E-state index is 0.130. The van der Waals surface area contributed by atoms with Gasteiger partial charge in [0, 0.05) is 17.8 Å². The lowest BCUT2D eigenvalue weighted by Gasteiger charge is -2.07. The van der Waals surface area contributed by atoms with Gasteiger partial charge in [-0.3, -0.25) is 4.79 Å². The highest BCUT2D eigenvalue weighted by atomic mass is 32.2. The van der Waals surface area contributed by atoms with E-state index in [1.165, 1.54) is 23.9 Å². The first-order chi connectivity index (χ1) is 14.4. The van der Waals surface area contributed by atoms with Crippen molar-refractivity contribution in [3.63, 3.8) is 0 Å². The lowest BCUT2D eigenvalue weighted by molar-refractivity contribution is 0.0525. The van der Waals surface area contributed by atoms with Gasteiger partial charge in [-0.1, -0.05) is 11.8 Å². The van der Waals surface area contributed by atoms with E-state index in [9.17, 15) is 14.0 Å². The summed E-state index contributed by atoms with van der Waals surface area (Å²) in [5.74, 6) is -0.163. The summed E-state index contributed by atoms with van der Waals surface area (Å²) in [6, 6.07) is 6.04. The Hall–Kier alpha value is -2.94. The van der Waals surface area contributed by atoms with Crippen molar-refractivity contribution in [2.45, 2.75) is 39.4 Å². The van der Waals surface area contributed by atoms with E-state index in [2.05, 4.69) is 15.2 Å². The van der Waals surface area contributed by atoms with Gasteiger partial charge in [0.25, 0.3) is 0 Å². The number of halogens is 1. The summed E-state index contributed by atoms with van der Waals surface area (Å²) in [5, 5.41) is 9.00. The molecule has 0 fully saturated rings. The van der Waals surface area contributed by atoms with Crippen molar-refractivity contribution in [2.75, 3.05) is 12.4 Å². The first-order valence-electron chi connectivity index (χ1n) is 9.58. The normalized spacial score (nSPS) is 11.0. The molecule has 0 aliphatic heterocycles. The predicted octanol–water partition coefficient (Wildman–Crippen LogP) is 4.20. The second-order valence-corrected chi connectivity index (χ2v) is 7.56. The molecule has 0 unspecified atom stereocenters. The van der Waals surface area contributed by atoms with Gasteiger partial charge in [0.2, 0.25) is 0 Å². The number of nitrogens with zero attached hydrogens (tertiary/aromatic N) is 3. The Labute approximate surface area is 178 Å². The number of rotatable bonds is 8. The maximum Gasteiger partial charge on any atom is 0.340 e. The Morgan fingerprint density at radius 3 is 2.50 bits per heavy atom. The number of carbonyl (C=O) groups is 2. The van der Waals surface area contributed by atoms with E-state index in [-0.39, 0.29) is 24.0 Å². The standard InChI is InChI=1S/C21H23FN4O3S/c1-5-26-19(14-7-9-15(22)10-8-14)24-25-21(26)30-11-16(27)18-12(3)17(13(4)23-18)20(28)29-6-2/h7-10,23H,5-6,11H2,1-4H3. The third kappa shape index (κ3) is 4.30. The number of hydrogen-bond donors (Lipinski definition) is 1. The van der Waals surface area contributed by atoms with Crippen LogP contribution in [0.2, 0.25) is 0 Å². The van der Waals surface area contributed by atoms with Crippen molar-refractivity contribution in [3.8, 4) is 11.4 Å². The zero-order valence-corrected chi connectivity index (χ0v) is 18.1. The molecule has 1 aromatic carbocycles. The van der Waals surface area contributed by atoms with Crippen molar-refractivity contribution in [1.82, 2.24) is 19.7 Å². The second kappa shape index (κ2) is 9.25. The average molecular weight is 431 g/mol. The molecule has 2 heterocycles. The SMILES string of the molecule is CCOC(=O)c1c(C)[nH]c(C(=O)CSc2nnc(-c3ccc(F)cc3)n2CC)c1C. The van der Waals surface area contributed by atoms with E-state index in [0.29, 0.717) is 40.0 Å². The van der Waals surface area contributed by atoms with E-state index >= 15 is 0 Å². The van der Waals surface area contributed by atoms with Crippen molar-refractivity contribution in [2.24, 2.45) is 0 Å². The molecule has 0 amide bonds. The largest absolute Gasteiger partial charge is 0.462 e. The highest BCUT2D eigenvalue weighted by Gasteiger charge is 2.23. The molecule has 0 aliphatic carbocycles. The molecule has 3 rings (SSSR count). The highest BCUT2D eigenvalue weighted by molar-refractivity contribution is 7.99. The third-order valence-corrected chi connectivity index (χ3v) is 5.63. The number of carbonyl (C=O) groups excluding carboxylic acids is 2. The molecule has 0 aliphatic rings. The zero-order valence-electron chi connectivity index (χ0n) is 17.3. The van der Waals surface area contributed by atoms with Crippen LogP contribution in [-0.4, -0.2) is 43.9 Å². The Morgan fingerprint density at radius 2 is 1.87 bits per heavy atom. The van der Waals surface area contributed by atoms with Gasteiger partial charge >= 0.3 is 5.97 Å². The molecule has 0 bridgehead atoms. The molecule has 0 spiro atoms. The lowest BCUT2D eigenvalue weighted by atomic mass is 10.1. The fourth-order valence-corrected chi connectivity index (χ4v) is 4.11. The maximum absolute atomic E-state index is 13.2. The molecule has 2 aromatic heterocycles. The first-order valence-corrected chi connectivity index (χ1v) is 10.6. The Bertz CT molecular complexity index is 1070. The molecular weight excluding hydrogens is 407 g/mol. The number of thioether (sulfide) groups is 1. The summed E-state index contributed by atoms with van der Waals surface area (Å²) < 4.78 is 20.2. The molecular formula is C21H23FN4O3S. The highest BCUT2D eigenvalue weighted by Crippen LogP contribution is 2.26. The van der Waals surface area contributed by atoms with Crippen LogP contribution in [0.25, 0.3) is 11.4 Å². The topological polar surface area (TPSA) is 89.9 Å². The number of H-pyrrole nitrogens is 1. The summed E-state index contributed by atoms with van der Waals surface area (Å²) in [6.07, 6.45) is 0. The van der Waals surface area contributed by atoms with Crippen LogP contribution in [0.15, 0.2) is 29.4 Å². The average Bonchev–Trinajstić information content (AvgIpc) is 3.26. The number of aryl methyl sites for hydroxylation is 1. The van der Waals surface area contributed by atoms with Gasteiger partial charge < -0.3 is 14.3 Å². The van der Waals surface area contributed by atoms with E-state index in [4.69, 9.17) is 4.74 Å². The van der Waals surface area contributed by atoms with Gasteiger partial charge in [0.15, 0.2) is 16.8 Å². The second-order valence-electron chi connectivity index (χ2n) is 6.61. The summed E-state index contributed by atoms with van der Waals surface area (Å²) in [5.41, 5.74) is 2.74. The number of aromatic amines is 1. The fraction of sp³-hybridized carbons (Fsp3) is 0.333. The minimum Gasteiger partial charge on any atom is -0.462 e. The molecule has 0 radical (unpaired) electrons. The number of hydrogen-bond acceptors (Lipinski definition) is 6. The van der Waals surface area contributed by atoms with Crippen molar-refractivity contribution < 1.29 is 18.7 Å². The van der Waals surface area contributed by atoms with Crippen LogP contribution in [-0.2, 0) is 11.3 Å². The van der Waals surface area contributed by atoms with Crippen molar-refractivity contribution >= 4 is 23.5 Å². The monoisotopic (exact) mass is 430 g/mol. The van der Waals surface area contributed by atoms with E-state index in [0.717, 1.165) is 5.56 Å². The molecule has 0 saturated heterocycles. The molecule has 0 saturated carbocycles. The van der Waals surface area contributed by atoms with E-state index < -0.39 is 5.97 Å². The number of aromatic nitrogens is 4. The summed E-state index contributed by atoms with van der Waals surface area (Å²) in [6.45, 7) is 8.03. The van der Waals surface area contributed by atoms with Gasteiger partial charge in [0.05, 0.1) is 23.6 Å². The molecule has 0 atom stereocenters. The molecule has 7 nitrogen and oxygen atoms in total. The van der Waals surface area contributed by atoms with Gasteiger partial charge in [-0.25, -0.2) is 9.18 Å². The van der Waals surface area contributed by atoms with Gasteiger partial charge in [0.1, 0.15) is 5.82 Å². The van der Waals surface area contributed by atoms with Crippen LogP contribution in [0.1, 0.15) is 46.0 Å². The Morgan fingerprint density at radius 1 is 1.17 bits per heavy atom. The third-order valence-electron chi connectivity index (χ3n) is 4.66. The predicted molar refractivity (Wildman–Crippen MR) is 112 cm³/mol. The maximum atomic E-state index is 13.2. The van der Waals surface area contributed by atoms with Gasteiger partial charge in [-0.15, -0.1) is 10.2 Å². The van der Waals surface area contributed by atoms with Crippen LogP contribution in [0.4, 0.5) is 4.39 Å². The van der Waals surface area contributed by atoms with Crippen LogP contribution in [0.3, 0.4) is 0 Å². The van der Waals surface area contributed by atoms with Gasteiger partial charge in [-0.2, -0.15) is 0 Å². The molecule has 3 aromatic rings. The first kappa shape index (κ1) is 21.8. The number of benzene rings is 1. The van der Waals surface area contributed by atoms with Crippen LogP contribution in [0.5, 0.6) is 0 Å². The summed E-state index contributed by atoms with van der Waals surface area (Å²) >= 11 is 1.27. The Kier molecular flexibility index (Phi) is 6.71. The number of nitrogens with one attached hydrogen (secondary N) is 1. The Balaban J connectivity index is 1.78.